The van der Waals surface area contributed by atoms with E-state index >= 15 is 0 Å². The second kappa shape index (κ2) is 73.4. The van der Waals surface area contributed by atoms with Crippen molar-refractivity contribution < 1.29 is 49.3 Å². The molecule has 11 heteroatoms. The Morgan fingerprint density at radius 1 is 0.379 bits per heavy atom. The summed E-state index contributed by atoms with van der Waals surface area (Å²) in [5.74, 6) is -0.162. The minimum atomic E-state index is -1.57. The van der Waals surface area contributed by atoms with E-state index in [2.05, 4.69) is 31.3 Å². The van der Waals surface area contributed by atoms with Gasteiger partial charge in [-0.3, -0.25) is 9.59 Å². The van der Waals surface area contributed by atoms with Crippen molar-refractivity contribution in [3.8, 4) is 0 Å². The summed E-state index contributed by atoms with van der Waals surface area (Å²) in [5.41, 5.74) is 0. The molecule has 1 aliphatic rings. The number of nitrogens with one attached hydrogen (secondary N) is 1. The van der Waals surface area contributed by atoms with E-state index in [1.165, 1.54) is 360 Å². The van der Waals surface area contributed by atoms with Crippen molar-refractivity contribution in [1.29, 1.82) is 0 Å². The minimum absolute atomic E-state index is 0.0207. The number of hydrogen-bond donors (Lipinski definition) is 6. The fraction of sp³-hybridized carbons (Fsp3) is 0.929. The van der Waals surface area contributed by atoms with Gasteiger partial charge < -0.3 is 45.1 Å². The van der Waals surface area contributed by atoms with Gasteiger partial charge in [0.05, 0.1) is 32.0 Å². The zero-order valence-corrected chi connectivity index (χ0v) is 62.9. The molecule has 1 amide bonds. The highest BCUT2D eigenvalue weighted by Crippen LogP contribution is 2.24. The van der Waals surface area contributed by atoms with E-state index in [0.717, 1.165) is 51.4 Å². The molecular formula is C84H161NO10. The first kappa shape index (κ1) is 91.2. The summed E-state index contributed by atoms with van der Waals surface area (Å²) >= 11 is 0. The average molecular weight is 1350 g/mol. The van der Waals surface area contributed by atoms with Gasteiger partial charge in [-0.25, -0.2) is 0 Å². The van der Waals surface area contributed by atoms with Crippen molar-refractivity contribution in [2.45, 2.75) is 480 Å². The van der Waals surface area contributed by atoms with Gasteiger partial charge in [-0.1, -0.05) is 404 Å². The van der Waals surface area contributed by atoms with Gasteiger partial charge in [0, 0.05) is 12.8 Å². The van der Waals surface area contributed by atoms with Crippen molar-refractivity contribution in [2.75, 3.05) is 19.8 Å². The molecule has 0 aromatic rings. The Kier molecular flexibility index (Phi) is 70.4. The molecule has 0 spiro atoms. The number of hydrogen-bond acceptors (Lipinski definition) is 10. The molecule has 1 rings (SSSR count). The second-order valence-electron chi connectivity index (χ2n) is 29.5. The van der Waals surface area contributed by atoms with Crippen molar-refractivity contribution in [1.82, 2.24) is 5.32 Å². The van der Waals surface area contributed by atoms with E-state index in [-0.39, 0.29) is 18.5 Å². The normalized spacial score (nSPS) is 17.4. The van der Waals surface area contributed by atoms with Gasteiger partial charge in [0.15, 0.2) is 6.29 Å². The zero-order valence-electron chi connectivity index (χ0n) is 62.9. The van der Waals surface area contributed by atoms with E-state index in [9.17, 15) is 35.1 Å². The number of allylic oxidation sites excluding steroid dienone is 3. The number of ether oxygens (including phenoxy) is 3. The lowest BCUT2D eigenvalue weighted by Crippen LogP contribution is -2.60. The summed E-state index contributed by atoms with van der Waals surface area (Å²) in [7, 11) is 0. The molecule has 7 atom stereocenters. The molecule has 0 saturated carbocycles. The SMILES string of the molecule is CCCCCCCCCCC/C=C/CC/C=C/C(O)C(COC1OC(CO)C(O)C(O)C1O)NC(=O)CCCCCCCCCCCCCCCCCCCCCCCCCCCCCCCCCCCCCCCCCOC(=O)CCCCCCCCCCCCCCC. The van der Waals surface area contributed by atoms with Gasteiger partial charge in [-0.05, 0) is 44.9 Å². The standard InChI is InChI=1S/C84H161NO10/c1-3-5-7-9-11-13-15-17-43-47-50-54-58-62-66-70-77(87)76(75-94-84-83(92)82(91)81(90)78(74-86)95-84)85-79(88)71-67-63-59-55-51-48-44-41-39-37-35-33-31-29-27-25-23-21-19-18-20-22-24-26-28-30-32-34-36-38-40-42-45-49-53-57-61-65-69-73-93-80(89)72-68-64-60-56-52-46-16-14-12-10-8-6-4-2/h50,54,66,70,76-78,81-84,86-87,90-92H,3-49,51-53,55-65,67-69,71-75H2,1-2H3,(H,85,88)/b54-50+,70-66+. The predicted molar refractivity (Wildman–Crippen MR) is 403 cm³/mol. The molecule has 0 bridgehead atoms. The van der Waals surface area contributed by atoms with Crippen LogP contribution < -0.4 is 5.32 Å². The van der Waals surface area contributed by atoms with E-state index < -0.39 is 49.5 Å². The summed E-state index contributed by atoms with van der Waals surface area (Å²) in [5, 5.41) is 54.6. The van der Waals surface area contributed by atoms with E-state index in [4.69, 9.17) is 14.2 Å². The van der Waals surface area contributed by atoms with Gasteiger partial charge in [0.1, 0.15) is 24.4 Å². The number of esters is 1. The van der Waals surface area contributed by atoms with Crippen molar-refractivity contribution in [3.05, 3.63) is 24.3 Å². The number of aliphatic hydroxyl groups is 5. The van der Waals surface area contributed by atoms with Crippen LogP contribution in [0, 0.1) is 0 Å². The maximum Gasteiger partial charge on any atom is 0.305 e. The average Bonchev–Trinajstić information content (AvgIpc) is 0.850. The predicted octanol–water partition coefficient (Wildman–Crippen LogP) is 23.1. The Hall–Kier alpha value is -1.86. The van der Waals surface area contributed by atoms with Gasteiger partial charge in [-0.15, -0.1) is 0 Å². The summed E-state index contributed by atoms with van der Waals surface area (Å²) < 4.78 is 16.8. The Morgan fingerprint density at radius 3 is 1.04 bits per heavy atom. The number of carbonyl (C=O) groups is 2. The molecule has 0 radical (unpaired) electrons. The zero-order chi connectivity index (χ0) is 68.6. The van der Waals surface area contributed by atoms with Gasteiger partial charge in [0.2, 0.25) is 5.91 Å². The summed E-state index contributed by atoms with van der Waals surface area (Å²) in [6.45, 7) is 4.40. The van der Waals surface area contributed by atoms with Crippen LogP contribution in [0.2, 0.25) is 0 Å². The molecule has 7 unspecified atom stereocenters. The van der Waals surface area contributed by atoms with Crippen LogP contribution in [-0.4, -0.2) is 100 Å². The summed E-state index contributed by atoms with van der Waals surface area (Å²) in [6.07, 6.45) is 85.2. The molecule has 95 heavy (non-hydrogen) atoms. The lowest BCUT2D eigenvalue weighted by molar-refractivity contribution is -0.302. The largest absolute Gasteiger partial charge is 0.466 e. The Bertz CT molecular complexity index is 1630. The first-order valence-electron chi connectivity index (χ1n) is 42.1. The molecule has 1 saturated heterocycles. The number of carbonyl (C=O) groups excluding carboxylic acids is 2. The monoisotopic (exact) mass is 1340 g/mol. The lowest BCUT2D eigenvalue weighted by Gasteiger charge is -2.40. The molecule has 1 heterocycles. The van der Waals surface area contributed by atoms with E-state index in [1.54, 1.807) is 6.08 Å². The third-order valence-corrected chi connectivity index (χ3v) is 20.3. The summed E-state index contributed by atoms with van der Waals surface area (Å²) in [4.78, 5) is 25.2. The minimum Gasteiger partial charge on any atom is -0.466 e. The number of amides is 1. The third-order valence-electron chi connectivity index (χ3n) is 20.3. The van der Waals surface area contributed by atoms with Crippen LogP contribution in [-0.2, 0) is 23.8 Å². The van der Waals surface area contributed by atoms with Gasteiger partial charge in [-0.2, -0.15) is 0 Å². The van der Waals surface area contributed by atoms with Crippen molar-refractivity contribution in [3.63, 3.8) is 0 Å². The van der Waals surface area contributed by atoms with E-state index in [0.29, 0.717) is 19.4 Å². The van der Waals surface area contributed by atoms with Crippen LogP contribution >= 0.6 is 0 Å². The molecule has 0 aliphatic carbocycles. The highest BCUT2D eigenvalue weighted by Gasteiger charge is 2.44. The quantitative estimate of drug-likeness (QED) is 0.0195. The topological polar surface area (TPSA) is 175 Å². The van der Waals surface area contributed by atoms with Crippen LogP contribution in [0.15, 0.2) is 24.3 Å². The van der Waals surface area contributed by atoms with Crippen LogP contribution in [0.5, 0.6) is 0 Å². The molecule has 1 fully saturated rings. The fourth-order valence-electron chi connectivity index (χ4n) is 13.8. The Morgan fingerprint density at radius 2 is 0.684 bits per heavy atom. The maximum atomic E-state index is 13.1. The number of rotatable bonds is 76. The van der Waals surface area contributed by atoms with E-state index in [1.807, 2.05) is 6.08 Å². The molecule has 1 aliphatic heterocycles. The molecule has 6 N–H and O–H groups in total. The highest BCUT2D eigenvalue weighted by atomic mass is 16.7. The molecule has 0 aromatic carbocycles. The van der Waals surface area contributed by atoms with Crippen LogP contribution in [0.25, 0.3) is 0 Å². The number of unbranched alkanes of at least 4 members (excludes halogenated alkanes) is 60. The first-order chi connectivity index (χ1) is 46.7. The summed E-state index contributed by atoms with van der Waals surface area (Å²) in [6, 6.07) is -0.823. The Labute approximate surface area is 588 Å². The fourth-order valence-corrected chi connectivity index (χ4v) is 13.8. The van der Waals surface area contributed by atoms with Gasteiger partial charge >= 0.3 is 5.97 Å². The van der Waals surface area contributed by atoms with Gasteiger partial charge in [0.25, 0.3) is 0 Å². The first-order valence-corrected chi connectivity index (χ1v) is 42.1. The molecular weight excluding hydrogens is 1180 g/mol. The second-order valence-corrected chi connectivity index (χ2v) is 29.5. The Balaban J connectivity index is 1.89. The van der Waals surface area contributed by atoms with Crippen LogP contribution in [0.3, 0.4) is 0 Å². The highest BCUT2D eigenvalue weighted by molar-refractivity contribution is 5.76. The van der Waals surface area contributed by atoms with Crippen LogP contribution in [0.4, 0.5) is 0 Å². The third kappa shape index (κ3) is 61.7. The molecule has 562 valence electrons. The maximum absolute atomic E-state index is 13.1. The number of aliphatic hydroxyl groups excluding tert-OH is 5. The molecule has 0 aromatic heterocycles. The smallest absolute Gasteiger partial charge is 0.305 e. The van der Waals surface area contributed by atoms with Crippen LogP contribution in [0.1, 0.15) is 438 Å². The lowest BCUT2D eigenvalue weighted by atomic mass is 9.99. The van der Waals surface area contributed by atoms with Crippen molar-refractivity contribution in [2.24, 2.45) is 0 Å². The molecule has 11 nitrogen and oxygen atoms in total. The van der Waals surface area contributed by atoms with Crippen molar-refractivity contribution >= 4 is 11.9 Å².